The predicted molar refractivity (Wildman–Crippen MR) is 105 cm³/mol. The lowest BCUT2D eigenvalue weighted by atomic mass is 9.95. The second-order valence-electron chi connectivity index (χ2n) is 7.31. The van der Waals surface area contributed by atoms with E-state index in [-0.39, 0.29) is 22.4 Å². The zero-order chi connectivity index (χ0) is 18.9. The summed E-state index contributed by atoms with van der Waals surface area (Å²) in [6.45, 7) is 12.5. The quantitative estimate of drug-likeness (QED) is 0.771. The number of aliphatic hydroxyl groups excluding tert-OH is 2. The number of nitrogens with zero attached hydrogens (tertiary/aromatic N) is 2. The van der Waals surface area contributed by atoms with Crippen molar-refractivity contribution < 1.29 is 19.3 Å². The molecule has 0 radical (unpaired) electrons. The Labute approximate surface area is 159 Å². The molecule has 4 fully saturated rings. The highest BCUT2D eigenvalue weighted by Gasteiger charge is 2.48. The lowest BCUT2D eigenvalue weighted by Crippen LogP contribution is -2.41. The Hall–Kier alpha value is -0.300. The van der Waals surface area contributed by atoms with Gasteiger partial charge in [-0.25, -0.2) is 4.39 Å². The van der Waals surface area contributed by atoms with Crippen molar-refractivity contribution in [2.45, 2.75) is 89.9 Å². The van der Waals surface area contributed by atoms with Crippen molar-refractivity contribution in [1.82, 2.24) is 9.80 Å². The summed E-state index contributed by atoms with van der Waals surface area (Å²) >= 11 is 0. The van der Waals surface area contributed by atoms with Crippen LogP contribution in [0, 0.1) is 0 Å². The van der Waals surface area contributed by atoms with Gasteiger partial charge in [-0.1, -0.05) is 27.7 Å². The van der Waals surface area contributed by atoms with Crippen LogP contribution in [-0.2, 0) is 0 Å². The predicted octanol–water partition coefficient (Wildman–Crippen LogP) is 3.37. The highest BCUT2D eigenvalue weighted by atomic mass is 19.1. The van der Waals surface area contributed by atoms with Crippen LogP contribution in [0.3, 0.4) is 0 Å². The molecule has 0 amide bonds. The highest BCUT2D eigenvalue weighted by Crippen LogP contribution is 2.39. The third kappa shape index (κ3) is 5.37. The summed E-state index contributed by atoms with van der Waals surface area (Å²) in [5, 5.41) is 18.3. The highest BCUT2D eigenvalue weighted by molar-refractivity contribution is 5.03. The van der Waals surface area contributed by atoms with E-state index >= 15 is 0 Å². The van der Waals surface area contributed by atoms with Crippen LogP contribution in [0.4, 0.5) is 9.09 Å². The van der Waals surface area contributed by atoms with Crippen LogP contribution >= 0.6 is 0 Å². The molecule has 0 spiro atoms. The zero-order valence-corrected chi connectivity index (χ0v) is 17.3. The normalized spacial score (nSPS) is 31.3. The van der Waals surface area contributed by atoms with Crippen molar-refractivity contribution in [2.75, 3.05) is 39.4 Å². The zero-order valence-electron chi connectivity index (χ0n) is 17.3. The fourth-order valence-corrected chi connectivity index (χ4v) is 4.95. The molecule has 0 saturated carbocycles. The summed E-state index contributed by atoms with van der Waals surface area (Å²) in [5.41, 5.74) is 0.0689. The number of aliphatic hydroxyl groups is 2. The summed E-state index contributed by atoms with van der Waals surface area (Å²) in [5.74, 6) is 0. The third-order valence-corrected chi connectivity index (χ3v) is 6.16. The van der Waals surface area contributed by atoms with Gasteiger partial charge in [0.2, 0.25) is 0 Å². The fraction of sp³-hybridized carbons (Fsp3) is 1.00. The van der Waals surface area contributed by atoms with Crippen molar-refractivity contribution in [3.05, 3.63) is 0 Å². The molecule has 158 valence electrons. The molecule has 4 aliphatic rings. The minimum absolute atomic E-state index is 0. The van der Waals surface area contributed by atoms with Crippen LogP contribution in [0.1, 0.15) is 72.6 Å². The average molecular weight is 381 g/mol. The topological polar surface area (TPSA) is 46.9 Å². The SMILES string of the molecule is CC.CC.F.OCC12CCCN1CCC2.OC[C@@]12CCCN1CC(F)C2. The molecule has 6 heteroatoms. The minimum Gasteiger partial charge on any atom is -0.394 e. The second-order valence-corrected chi connectivity index (χ2v) is 7.31. The molecule has 1 unspecified atom stereocenters. The Kier molecular flexibility index (Phi) is 12.1. The van der Waals surface area contributed by atoms with Gasteiger partial charge in [0.25, 0.3) is 0 Å². The minimum atomic E-state index is -0.706. The molecule has 0 bridgehead atoms. The van der Waals surface area contributed by atoms with Gasteiger partial charge in [0.1, 0.15) is 6.17 Å². The molecule has 2 atom stereocenters. The van der Waals surface area contributed by atoms with Gasteiger partial charge in [0.05, 0.1) is 13.2 Å². The molecule has 4 rings (SSSR count). The molecule has 0 aromatic carbocycles. The van der Waals surface area contributed by atoms with Crippen LogP contribution in [0.2, 0.25) is 0 Å². The van der Waals surface area contributed by atoms with E-state index in [9.17, 15) is 9.50 Å². The molecule has 4 saturated heterocycles. The van der Waals surface area contributed by atoms with Gasteiger partial charge in [-0.2, -0.15) is 0 Å². The van der Waals surface area contributed by atoms with E-state index in [0.29, 0.717) is 19.6 Å². The maximum atomic E-state index is 12.9. The summed E-state index contributed by atoms with van der Waals surface area (Å²) in [6, 6.07) is 0. The average Bonchev–Trinajstić information content (AvgIpc) is 3.37. The van der Waals surface area contributed by atoms with Crippen LogP contribution in [-0.4, -0.2) is 76.7 Å². The molecule has 0 aromatic heterocycles. The first-order valence-corrected chi connectivity index (χ1v) is 10.5. The van der Waals surface area contributed by atoms with Crippen molar-refractivity contribution in [3.63, 3.8) is 0 Å². The van der Waals surface area contributed by atoms with Crippen LogP contribution in [0.15, 0.2) is 0 Å². The Morgan fingerprint density at radius 3 is 1.62 bits per heavy atom. The molecule has 4 heterocycles. The molecule has 0 aliphatic carbocycles. The summed E-state index contributed by atoms with van der Waals surface area (Å²) < 4.78 is 12.9. The Bertz CT molecular complexity index is 364. The number of fused-ring (bicyclic) bond motifs is 2. The molecule has 2 N–H and O–H groups in total. The molecular weight excluding hydrogens is 338 g/mol. The fourth-order valence-electron chi connectivity index (χ4n) is 4.95. The van der Waals surface area contributed by atoms with Gasteiger partial charge < -0.3 is 10.2 Å². The Morgan fingerprint density at radius 1 is 0.808 bits per heavy atom. The second kappa shape index (κ2) is 12.2. The van der Waals surface area contributed by atoms with Gasteiger partial charge >= 0.3 is 0 Å². The van der Waals surface area contributed by atoms with Gasteiger partial charge in [-0.05, 0) is 58.2 Å². The van der Waals surface area contributed by atoms with E-state index in [2.05, 4.69) is 9.80 Å². The number of halogens is 2. The van der Waals surface area contributed by atoms with Gasteiger partial charge in [-0.15, -0.1) is 0 Å². The maximum absolute atomic E-state index is 12.9. The smallest absolute Gasteiger partial charge is 0.115 e. The van der Waals surface area contributed by atoms with Gasteiger partial charge in [0, 0.05) is 24.0 Å². The van der Waals surface area contributed by atoms with Crippen LogP contribution < -0.4 is 0 Å². The van der Waals surface area contributed by atoms with Crippen molar-refractivity contribution in [2.24, 2.45) is 0 Å². The molecule has 26 heavy (non-hydrogen) atoms. The maximum Gasteiger partial charge on any atom is 0.115 e. The van der Waals surface area contributed by atoms with Crippen LogP contribution in [0.5, 0.6) is 0 Å². The van der Waals surface area contributed by atoms with E-state index in [0.717, 1.165) is 19.4 Å². The lowest BCUT2D eigenvalue weighted by Gasteiger charge is -2.29. The lowest BCUT2D eigenvalue weighted by molar-refractivity contribution is 0.0996. The first kappa shape index (κ1) is 25.7. The molecule has 4 aliphatic heterocycles. The molecule has 4 nitrogen and oxygen atoms in total. The van der Waals surface area contributed by atoms with Gasteiger partial charge in [-0.3, -0.25) is 14.5 Å². The summed E-state index contributed by atoms with van der Waals surface area (Å²) in [7, 11) is 0. The van der Waals surface area contributed by atoms with E-state index in [1.807, 2.05) is 27.7 Å². The van der Waals surface area contributed by atoms with E-state index in [1.54, 1.807) is 0 Å². The van der Waals surface area contributed by atoms with Crippen molar-refractivity contribution in [3.8, 4) is 0 Å². The monoisotopic (exact) mass is 380 g/mol. The molecular formula is C20H42F2N2O2. The number of hydrogen-bond donors (Lipinski definition) is 2. The number of alkyl halides is 1. The standard InChI is InChI=1S/C8H14FNO.C8H15NO.2C2H6.FH/c9-7-4-8(6-11)2-1-3-10(8)5-7;10-7-8-3-1-5-9(8)6-2-4-8;2*1-2;/h7,11H,1-6H2;10H,1-7H2;2*1-2H3;1H/t7?,8-;;;;/m0..../s1. The Morgan fingerprint density at radius 2 is 1.23 bits per heavy atom. The van der Waals surface area contributed by atoms with Crippen molar-refractivity contribution >= 4 is 0 Å². The number of hydrogen-bond acceptors (Lipinski definition) is 4. The van der Waals surface area contributed by atoms with E-state index in [4.69, 9.17) is 5.11 Å². The van der Waals surface area contributed by atoms with Crippen LogP contribution in [0.25, 0.3) is 0 Å². The third-order valence-electron chi connectivity index (χ3n) is 6.16. The first-order chi connectivity index (χ1) is 12.1. The van der Waals surface area contributed by atoms with Gasteiger partial charge in [0.15, 0.2) is 0 Å². The summed E-state index contributed by atoms with van der Waals surface area (Å²) in [4.78, 5) is 4.57. The molecule has 0 aromatic rings. The summed E-state index contributed by atoms with van der Waals surface area (Å²) in [6.07, 6.45) is 6.97. The first-order valence-electron chi connectivity index (χ1n) is 10.5. The largest absolute Gasteiger partial charge is 0.394 e. The van der Waals surface area contributed by atoms with Crippen molar-refractivity contribution in [1.29, 1.82) is 0 Å². The number of rotatable bonds is 2. The van der Waals surface area contributed by atoms with E-state index < -0.39 is 6.17 Å². The Balaban J connectivity index is 0.000000393. The van der Waals surface area contributed by atoms with E-state index in [1.165, 1.54) is 38.8 Å².